The van der Waals surface area contributed by atoms with Gasteiger partial charge in [-0.3, -0.25) is 9.69 Å². The molecule has 0 radical (unpaired) electrons. The van der Waals surface area contributed by atoms with Crippen molar-refractivity contribution in [3.8, 4) is 11.4 Å². The molecule has 0 bridgehead atoms. The Morgan fingerprint density at radius 1 is 1.06 bits per heavy atom. The molecule has 0 atom stereocenters. The van der Waals surface area contributed by atoms with E-state index in [4.69, 9.17) is 4.74 Å². The lowest BCUT2D eigenvalue weighted by atomic mass is 9.96. The first-order chi connectivity index (χ1) is 16.7. The molecule has 34 heavy (non-hydrogen) atoms. The first kappa shape index (κ1) is 22.7. The molecule has 2 aliphatic heterocycles. The Bertz CT molecular complexity index is 1120. The van der Waals surface area contributed by atoms with E-state index in [2.05, 4.69) is 30.4 Å². The van der Waals surface area contributed by atoms with Gasteiger partial charge in [0.05, 0.1) is 18.8 Å². The van der Waals surface area contributed by atoms with Crippen LogP contribution in [0.5, 0.6) is 0 Å². The highest BCUT2D eigenvalue weighted by Gasteiger charge is 2.26. The van der Waals surface area contributed by atoms with Crippen molar-refractivity contribution in [1.29, 1.82) is 0 Å². The Hall–Kier alpha value is -3.11. The van der Waals surface area contributed by atoms with E-state index < -0.39 is 0 Å². The zero-order chi connectivity index (χ0) is 23.3. The number of rotatable bonds is 7. The second-order valence-corrected chi connectivity index (χ2v) is 8.82. The fourth-order valence-electron chi connectivity index (χ4n) is 4.61. The maximum absolute atomic E-state index is 14.3. The molecule has 10 heteroatoms. The van der Waals surface area contributed by atoms with E-state index in [9.17, 15) is 9.18 Å². The number of hydrogen-bond donors (Lipinski definition) is 1. The molecule has 9 nitrogen and oxygen atoms in total. The molecule has 0 saturated carbocycles. The number of hydrogen-bond acceptors (Lipinski definition) is 7. The van der Waals surface area contributed by atoms with Crippen LogP contribution in [-0.2, 0) is 9.53 Å². The monoisotopic (exact) mass is 467 g/mol. The van der Waals surface area contributed by atoms with Crippen LogP contribution in [0.1, 0.15) is 19.3 Å². The van der Waals surface area contributed by atoms with Gasteiger partial charge in [0.1, 0.15) is 11.6 Å². The van der Waals surface area contributed by atoms with E-state index in [-0.39, 0.29) is 17.6 Å². The molecule has 4 heterocycles. The molecule has 180 valence electrons. The summed E-state index contributed by atoms with van der Waals surface area (Å²) in [5.41, 5.74) is 0.928. The van der Waals surface area contributed by atoms with Crippen molar-refractivity contribution in [2.24, 2.45) is 5.92 Å². The molecule has 2 aromatic heterocycles. The maximum Gasteiger partial charge on any atom is 0.223 e. The van der Waals surface area contributed by atoms with Gasteiger partial charge in [-0.2, -0.15) is 4.52 Å². The minimum atomic E-state index is -0.360. The van der Waals surface area contributed by atoms with Gasteiger partial charge in [-0.05, 0) is 50.1 Å². The zero-order valence-electron chi connectivity index (χ0n) is 19.2. The first-order valence-electron chi connectivity index (χ1n) is 12.0. The van der Waals surface area contributed by atoms with Crippen LogP contribution in [0.2, 0.25) is 0 Å². The minimum Gasteiger partial charge on any atom is -0.379 e. The number of morpholine rings is 1. The Morgan fingerprint density at radius 2 is 1.85 bits per heavy atom. The molecule has 2 fully saturated rings. The molecular formula is C24H30FN7O2. The van der Waals surface area contributed by atoms with E-state index in [0.717, 1.165) is 71.0 Å². The topological polar surface area (TPSA) is 87.9 Å². The highest BCUT2D eigenvalue weighted by atomic mass is 19.1. The van der Waals surface area contributed by atoms with Crippen molar-refractivity contribution >= 4 is 17.4 Å². The number of nitrogens with zero attached hydrogens (tertiary/aromatic N) is 6. The van der Waals surface area contributed by atoms with Gasteiger partial charge in [0.15, 0.2) is 11.5 Å². The Kier molecular flexibility index (Phi) is 6.96. The van der Waals surface area contributed by atoms with E-state index in [1.807, 2.05) is 12.1 Å². The van der Waals surface area contributed by atoms with Gasteiger partial charge < -0.3 is 15.0 Å². The van der Waals surface area contributed by atoms with Gasteiger partial charge >= 0.3 is 0 Å². The van der Waals surface area contributed by atoms with Crippen LogP contribution in [0.25, 0.3) is 17.0 Å². The lowest BCUT2D eigenvalue weighted by molar-refractivity contribution is -0.125. The number of halogens is 1. The van der Waals surface area contributed by atoms with Gasteiger partial charge in [0.25, 0.3) is 0 Å². The van der Waals surface area contributed by atoms with Gasteiger partial charge in [-0.15, -0.1) is 15.3 Å². The minimum absolute atomic E-state index is 0.0206. The van der Waals surface area contributed by atoms with Crippen LogP contribution in [0, 0.1) is 11.7 Å². The summed E-state index contributed by atoms with van der Waals surface area (Å²) in [7, 11) is 0. The third kappa shape index (κ3) is 5.02. The molecule has 3 aromatic rings. The van der Waals surface area contributed by atoms with Gasteiger partial charge in [0, 0.05) is 38.6 Å². The zero-order valence-corrected chi connectivity index (χ0v) is 19.2. The molecule has 1 N–H and O–H groups in total. The number of ether oxygens (including phenoxy) is 1. The van der Waals surface area contributed by atoms with Crippen LogP contribution in [0.15, 0.2) is 36.4 Å². The van der Waals surface area contributed by atoms with E-state index in [1.54, 1.807) is 22.7 Å². The molecule has 0 aliphatic carbocycles. The third-order valence-electron chi connectivity index (χ3n) is 6.61. The van der Waals surface area contributed by atoms with Crippen LogP contribution in [0.4, 0.5) is 10.2 Å². The highest BCUT2D eigenvalue weighted by Crippen LogP contribution is 2.25. The average Bonchev–Trinajstić information content (AvgIpc) is 3.30. The van der Waals surface area contributed by atoms with Crippen LogP contribution < -0.4 is 10.2 Å². The standard InChI is InChI=1S/C24H30FN7O2/c25-20-5-2-1-4-19(20)23-28-27-21-6-7-22(29-32(21)23)31-12-8-18(9-13-31)24(33)26-10-3-11-30-14-16-34-17-15-30/h1-2,4-7,18H,3,8-17H2,(H,26,33). The molecule has 2 saturated heterocycles. The second-order valence-electron chi connectivity index (χ2n) is 8.82. The summed E-state index contributed by atoms with van der Waals surface area (Å²) in [6.07, 6.45) is 2.51. The fraction of sp³-hybridized carbons (Fsp3) is 0.500. The summed E-state index contributed by atoms with van der Waals surface area (Å²) >= 11 is 0. The molecule has 0 spiro atoms. The van der Waals surface area contributed by atoms with Gasteiger partial charge in [-0.1, -0.05) is 12.1 Å². The Labute approximate surface area is 197 Å². The number of amides is 1. The normalized spacial score (nSPS) is 17.9. The van der Waals surface area contributed by atoms with Gasteiger partial charge in [0.2, 0.25) is 5.91 Å². The summed E-state index contributed by atoms with van der Waals surface area (Å²) in [4.78, 5) is 17.2. The summed E-state index contributed by atoms with van der Waals surface area (Å²) in [5, 5.41) is 16.1. The molecule has 2 aliphatic rings. The molecule has 1 amide bonds. The van der Waals surface area contributed by atoms with Gasteiger partial charge in [-0.25, -0.2) is 4.39 Å². The Balaban J connectivity index is 1.15. The number of anilines is 1. The SMILES string of the molecule is O=C(NCCCN1CCOCC1)C1CCN(c2ccc3nnc(-c4ccccc4F)n3n2)CC1. The van der Waals surface area contributed by atoms with Crippen molar-refractivity contribution in [2.45, 2.75) is 19.3 Å². The smallest absolute Gasteiger partial charge is 0.223 e. The number of fused-ring (bicyclic) bond motifs is 1. The van der Waals surface area contributed by atoms with E-state index in [1.165, 1.54) is 6.07 Å². The van der Waals surface area contributed by atoms with E-state index in [0.29, 0.717) is 23.6 Å². The predicted molar refractivity (Wildman–Crippen MR) is 126 cm³/mol. The third-order valence-corrected chi connectivity index (χ3v) is 6.61. The number of piperidine rings is 1. The molecule has 0 unspecified atom stereocenters. The molecule has 1 aromatic carbocycles. The van der Waals surface area contributed by atoms with Crippen molar-refractivity contribution in [2.75, 3.05) is 57.4 Å². The molecule has 5 rings (SSSR count). The highest BCUT2D eigenvalue weighted by molar-refractivity contribution is 5.79. The fourth-order valence-corrected chi connectivity index (χ4v) is 4.61. The number of carbonyl (C=O) groups excluding carboxylic acids is 1. The van der Waals surface area contributed by atoms with Crippen LogP contribution in [-0.4, -0.2) is 83.1 Å². The van der Waals surface area contributed by atoms with Crippen LogP contribution >= 0.6 is 0 Å². The van der Waals surface area contributed by atoms with Crippen molar-refractivity contribution in [1.82, 2.24) is 30.0 Å². The van der Waals surface area contributed by atoms with Crippen molar-refractivity contribution < 1.29 is 13.9 Å². The predicted octanol–water partition coefficient (Wildman–Crippen LogP) is 1.99. The largest absolute Gasteiger partial charge is 0.379 e. The number of nitrogens with one attached hydrogen (secondary N) is 1. The average molecular weight is 468 g/mol. The lowest BCUT2D eigenvalue weighted by Gasteiger charge is -2.32. The summed E-state index contributed by atoms with van der Waals surface area (Å²) in [6, 6.07) is 10.2. The first-order valence-corrected chi connectivity index (χ1v) is 12.0. The number of aromatic nitrogens is 4. The van der Waals surface area contributed by atoms with Crippen LogP contribution in [0.3, 0.4) is 0 Å². The summed E-state index contributed by atoms with van der Waals surface area (Å²) < 4.78 is 21.2. The van der Waals surface area contributed by atoms with Crippen molar-refractivity contribution in [3.05, 3.63) is 42.2 Å². The summed E-state index contributed by atoms with van der Waals surface area (Å²) in [6.45, 7) is 6.73. The number of benzene rings is 1. The molecular weight excluding hydrogens is 437 g/mol. The Morgan fingerprint density at radius 3 is 2.65 bits per heavy atom. The lowest BCUT2D eigenvalue weighted by Crippen LogP contribution is -2.42. The quantitative estimate of drug-likeness (QED) is 0.532. The van der Waals surface area contributed by atoms with Crippen molar-refractivity contribution in [3.63, 3.8) is 0 Å². The second kappa shape index (κ2) is 10.4. The maximum atomic E-state index is 14.3. The van der Waals surface area contributed by atoms with E-state index >= 15 is 0 Å². The summed E-state index contributed by atoms with van der Waals surface area (Å²) in [5.74, 6) is 0.953. The number of carbonyl (C=O) groups is 1.